The molecule has 10 aromatic carbocycles. The Hall–Kier alpha value is -7.10. The summed E-state index contributed by atoms with van der Waals surface area (Å²) in [6.45, 7) is 11.5. The second-order valence-corrected chi connectivity index (χ2v) is 18.4. The summed E-state index contributed by atoms with van der Waals surface area (Å²) in [5.74, 6) is -0.506. The Bertz CT molecular complexity index is 3280. The van der Waals surface area contributed by atoms with Gasteiger partial charge in [-0.05, 0) is 190 Å². The molecule has 10 aromatic rings. The first-order valence-corrected chi connectivity index (χ1v) is 21.5. The van der Waals surface area contributed by atoms with Crippen LogP contribution in [0.5, 0.6) is 0 Å². The third-order valence-electron chi connectivity index (χ3n) is 13.2. The predicted octanol–water partition coefficient (Wildman–Crippen LogP) is 16.9. The topological polar surface area (TPSA) is 3.24 Å². The standard InChI is InChI=1S/C59H45F2N/c1-58(2,3)42-22-16-38(17-23-42)49-34-41-30-39(36-18-24-43(60)25-19-36)32-51-54(41)55-50(49)31-40(37-20-26-44(61)27-21-37)33-52(55)57-56(51)48-29-28-47(35-53(48)59(57,4)5)62(45-12-8-6-9-13-45)46-14-10-7-11-15-46/h6-35H,1-5H3. The van der Waals surface area contributed by atoms with Gasteiger partial charge in [0, 0.05) is 22.5 Å². The minimum Gasteiger partial charge on any atom is -0.310 e. The fourth-order valence-corrected chi connectivity index (χ4v) is 10.2. The molecule has 1 nitrogen and oxygen atoms in total. The molecular formula is C59H45F2N. The average molecular weight is 806 g/mol. The molecule has 0 aromatic heterocycles. The summed E-state index contributed by atoms with van der Waals surface area (Å²) in [5, 5.41) is 7.10. The largest absolute Gasteiger partial charge is 0.310 e. The smallest absolute Gasteiger partial charge is 0.123 e. The molecular weight excluding hydrogens is 761 g/mol. The molecule has 0 bridgehead atoms. The number of halogens is 2. The van der Waals surface area contributed by atoms with Gasteiger partial charge in [-0.2, -0.15) is 0 Å². The monoisotopic (exact) mass is 805 g/mol. The summed E-state index contributed by atoms with van der Waals surface area (Å²) in [7, 11) is 0. The Balaban J connectivity index is 1.26. The highest BCUT2D eigenvalue weighted by Gasteiger charge is 2.40. The van der Waals surface area contributed by atoms with Gasteiger partial charge in [-0.3, -0.25) is 0 Å². The van der Waals surface area contributed by atoms with Crippen LogP contribution in [-0.4, -0.2) is 0 Å². The maximum Gasteiger partial charge on any atom is 0.123 e. The lowest BCUT2D eigenvalue weighted by Gasteiger charge is -2.29. The van der Waals surface area contributed by atoms with E-state index in [1.165, 1.54) is 49.4 Å². The van der Waals surface area contributed by atoms with E-state index in [4.69, 9.17) is 0 Å². The molecule has 0 aliphatic heterocycles. The Labute approximate surface area is 361 Å². The molecule has 62 heavy (non-hydrogen) atoms. The molecule has 0 fully saturated rings. The SMILES string of the molecule is CC(C)(C)c1ccc(-c2cc3cc(-c4ccc(F)cc4)cc4c5c(c6cc(-c7ccc(F)cc7)cc2c6c34)C(C)(C)c2cc(N(c3ccccc3)c3ccccc3)ccc2-5)cc1. The van der Waals surface area contributed by atoms with E-state index in [2.05, 4.69) is 173 Å². The molecule has 0 N–H and O–H groups in total. The third kappa shape index (κ3) is 6.02. The average Bonchev–Trinajstić information content (AvgIpc) is 3.52. The van der Waals surface area contributed by atoms with Gasteiger partial charge in [0.25, 0.3) is 0 Å². The van der Waals surface area contributed by atoms with Crippen molar-refractivity contribution >= 4 is 49.4 Å². The quantitative estimate of drug-likeness (QED) is 0.151. The third-order valence-corrected chi connectivity index (χ3v) is 13.2. The summed E-state index contributed by atoms with van der Waals surface area (Å²) in [5.41, 5.74) is 15.4. The summed E-state index contributed by atoms with van der Waals surface area (Å²) >= 11 is 0. The summed E-state index contributed by atoms with van der Waals surface area (Å²) < 4.78 is 28.9. The highest BCUT2D eigenvalue weighted by molar-refractivity contribution is 6.32. The van der Waals surface area contributed by atoms with Crippen LogP contribution in [0.3, 0.4) is 0 Å². The molecule has 0 amide bonds. The first kappa shape index (κ1) is 37.9. The number of nitrogens with zero attached hydrogens (tertiary/aromatic N) is 1. The van der Waals surface area contributed by atoms with Crippen LogP contribution in [0.15, 0.2) is 182 Å². The minimum absolute atomic E-state index is 0.0116. The van der Waals surface area contributed by atoms with Crippen molar-refractivity contribution in [1.29, 1.82) is 0 Å². The lowest BCUT2D eigenvalue weighted by atomic mass is 9.76. The van der Waals surface area contributed by atoms with Gasteiger partial charge in [0.15, 0.2) is 0 Å². The lowest BCUT2D eigenvalue weighted by molar-refractivity contribution is 0.590. The molecule has 300 valence electrons. The van der Waals surface area contributed by atoms with E-state index in [9.17, 15) is 8.78 Å². The van der Waals surface area contributed by atoms with Gasteiger partial charge in [0.1, 0.15) is 11.6 Å². The molecule has 0 spiro atoms. The van der Waals surface area contributed by atoms with Gasteiger partial charge in [0.05, 0.1) is 0 Å². The molecule has 11 rings (SSSR count). The first-order valence-electron chi connectivity index (χ1n) is 21.5. The van der Waals surface area contributed by atoms with Crippen molar-refractivity contribution in [2.45, 2.75) is 45.4 Å². The maximum atomic E-state index is 14.5. The molecule has 1 aliphatic rings. The number of anilines is 3. The van der Waals surface area contributed by atoms with Gasteiger partial charge in [-0.15, -0.1) is 0 Å². The zero-order valence-corrected chi connectivity index (χ0v) is 35.5. The van der Waals surface area contributed by atoms with E-state index >= 15 is 0 Å². The van der Waals surface area contributed by atoms with Crippen LogP contribution in [-0.2, 0) is 10.8 Å². The molecule has 1 aliphatic carbocycles. The number of rotatable bonds is 6. The van der Waals surface area contributed by atoms with Crippen LogP contribution < -0.4 is 4.90 Å². The van der Waals surface area contributed by atoms with Gasteiger partial charge < -0.3 is 4.90 Å². The van der Waals surface area contributed by atoms with E-state index in [0.29, 0.717) is 0 Å². The van der Waals surface area contributed by atoms with Crippen molar-refractivity contribution < 1.29 is 8.78 Å². The van der Waals surface area contributed by atoms with Crippen LogP contribution in [0.2, 0.25) is 0 Å². The van der Waals surface area contributed by atoms with Crippen LogP contribution in [0.1, 0.15) is 51.3 Å². The van der Waals surface area contributed by atoms with E-state index in [1.807, 2.05) is 24.3 Å². The normalized spacial score (nSPS) is 13.2. The molecule has 3 heteroatoms. The molecule has 0 unspecified atom stereocenters. The number of hydrogen-bond acceptors (Lipinski definition) is 1. The summed E-state index contributed by atoms with van der Waals surface area (Å²) in [6, 6.07) is 62.5. The molecule has 0 heterocycles. The van der Waals surface area contributed by atoms with Crippen molar-refractivity contribution in [1.82, 2.24) is 0 Å². The van der Waals surface area contributed by atoms with E-state index in [-0.39, 0.29) is 17.0 Å². The zero-order chi connectivity index (χ0) is 42.5. The van der Waals surface area contributed by atoms with Crippen molar-refractivity contribution in [3.8, 4) is 44.5 Å². The predicted molar refractivity (Wildman–Crippen MR) is 257 cm³/mol. The van der Waals surface area contributed by atoms with Crippen LogP contribution >= 0.6 is 0 Å². The number of para-hydroxylation sites is 2. The lowest BCUT2D eigenvalue weighted by Crippen LogP contribution is -2.17. The minimum atomic E-state index is -0.422. The van der Waals surface area contributed by atoms with Crippen LogP contribution in [0.25, 0.3) is 76.8 Å². The van der Waals surface area contributed by atoms with E-state index in [0.717, 1.165) is 61.2 Å². The first-order chi connectivity index (χ1) is 29.9. The zero-order valence-electron chi connectivity index (χ0n) is 35.5. The van der Waals surface area contributed by atoms with Crippen molar-refractivity contribution in [3.05, 3.63) is 210 Å². The highest BCUT2D eigenvalue weighted by Crippen LogP contribution is 2.58. The van der Waals surface area contributed by atoms with E-state index in [1.54, 1.807) is 24.3 Å². The van der Waals surface area contributed by atoms with Gasteiger partial charge >= 0.3 is 0 Å². The van der Waals surface area contributed by atoms with Crippen molar-refractivity contribution in [2.75, 3.05) is 4.90 Å². The Morgan fingerprint density at radius 2 is 0.968 bits per heavy atom. The Morgan fingerprint density at radius 1 is 0.435 bits per heavy atom. The Morgan fingerprint density at radius 3 is 1.55 bits per heavy atom. The second-order valence-electron chi connectivity index (χ2n) is 18.4. The Kier molecular flexibility index (Phi) is 8.53. The fraction of sp³-hybridized carbons (Fsp3) is 0.119. The fourth-order valence-electron chi connectivity index (χ4n) is 10.2. The van der Waals surface area contributed by atoms with Crippen LogP contribution in [0, 0.1) is 11.6 Å². The van der Waals surface area contributed by atoms with Crippen molar-refractivity contribution in [3.63, 3.8) is 0 Å². The number of fused-ring (bicyclic) bond motifs is 5. The van der Waals surface area contributed by atoms with Gasteiger partial charge in [-0.1, -0.05) is 126 Å². The van der Waals surface area contributed by atoms with Gasteiger partial charge in [-0.25, -0.2) is 8.78 Å². The number of benzene rings is 10. The maximum absolute atomic E-state index is 14.5. The van der Waals surface area contributed by atoms with Crippen molar-refractivity contribution in [2.24, 2.45) is 0 Å². The van der Waals surface area contributed by atoms with Gasteiger partial charge in [0.2, 0.25) is 0 Å². The van der Waals surface area contributed by atoms with E-state index < -0.39 is 5.41 Å². The molecule has 0 radical (unpaired) electrons. The second kappa shape index (κ2) is 14.0. The summed E-state index contributed by atoms with van der Waals surface area (Å²) in [6.07, 6.45) is 0. The molecule has 0 saturated heterocycles. The highest BCUT2D eigenvalue weighted by atomic mass is 19.1. The van der Waals surface area contributed by atoms with Crippen LogP contribution in [0.4, 0.5) is 25.8 Å². The summed E-state index contributed by atoms with van der Waals surface area (Å²) in [4.78, 5) is 2.33. The molecule has 0 atom stereocenters. The number of hydrogen-bond donors (Lipinski definition) is 0. The molecule has 0 saturated carbocycles.